The zero-order chi connectivity index (χ0) is 67.0. The molecule has 2 fully saturated rings. The molecule has 2 aliphatic rings. The molecule has 3 aromatic carbocycles. The van der Waals surface area contributed by atoms with Gasteiger partial charge in [0, 0.05) is 68.5 Å². The minimum Gasteiger partial charge on any atom is -0.496 e. The van der Waals surface area contributed by atoms with Crippen LogP contribution in [0.4, 0.5) is 0 Å². The van der Waals surface area contributed by atoms with E-state index < -0.39 is 35.4 Å². The Hall–Kier alpha value is -9.64. The molecule has 0 atom stereocenters. The standard InChI is InChI=1S/C62H96N18O12/c1-87-47-34-48(88-2)44(56(84)78-38-17-21-40(22-18-38)80-58(86)46-32-42(54(64)82)50(90-28-12-4-8-24-74-60(67)68)36-52(46)92-30-14-6-10-26-76-62(71)72)33-43(47)55(83)77-37-15-19-39(20-16-37)79-57(85)45-31-41(53(63)81)49(89-27-11-3-7-23-73-59(65)66)35-51(45)91-29-13-5-9-25-75-61(69)70/h31-40H,3-30H2,1-2H3,(H2,63,81)(H2,64,82)(H,77,83)(H,78,84)(H,79,85)(H,80,86)(H4,65,66,73)(H4,67,68,74)(H4,69,70,75)(H4,71,72,76)/t37-,38-,39+,40+. The zero-order valence-electron chi connectivity index (χ0n) is 52.9. The maximum atomic E-state index is 14.1. The Morgan fingerprint density at radius 3 is 0.783 bits per heavy atom. The SMILES string of the molecule is COc1cc(OC)c(C(=O)N[C@H]2CC[C@@H](NC(=O)c3cc(C(N)=O)c(OCCCCCNC(=N)N)cc3OCCCCCNC(=N)N)CC2)cc1C(=O)N[C@H]1CC[C@@H](NC(=O)c2cc(C(N)=O)c(OCCCCCNC(=N)N)cc2OCCCCCNC(=N)N)CC1. The number of hydrogen-bond donors (Lipinski definition) is 18. The Morgan fingerprint density at radius 1 is 0.337 bits per heavy atom. The molecule has 30 nitrogen and oxygen atoms in total. The monoisotopic (exact) mass is 1280 g/mol. The van der Waals surface area contributed by atoms with Crippen LogP contribution in [-0.4, -0.2) is 150 Å². The van der Waals surface area contributed by atoms with Gasteiger partial charge >= 0.3 is 0 Å². The summed E-state index contributed by atoms with van der Waals surface area (Å²) in [5, 5.41) is 52.8. The topological polar surface area (TPSA) is 506 Å². The van der Waals surface area contributed by atoms with E-state index in [0.717, 1.165) is 51.4 Å². The van der Waals surface area contributed by atoms with Gasteiger partial charge in [-0.2, -0.15) is 0 Å². The summed E-state index contributed by atoms with van der Waals surface area (Å²) in [5.74, 6) is -2.79. The lowest BCUT2D eigenvalue weighted by Crippen LogP contribution is -2.44. The Bertz CT molecular complexity index is 2810. The minimum atomic E-state index is -0.789. The normalized spacial score (nSPS) is 15.8. The maximum Gasteiger partial charge on any atom is 0.255 e. The number of rotatable bonds is 40. The van der Waals surface area contributed by atoms with E-state index in [4.69, 9.17) is 84.5 Å². The summed E-state index contributed by atoms with van der Waals surface area (Å²) in [4.78, 5) is 81.9. The first-order chi connectivity index (χ1) is 44.2. The van der Waals surface area contributed by atoms with Crippen LogP contribution in [0.3, 0.4) is 0 Å². The van der Waals surface area contributed by atoms with Crippen molar-refractivity contribution in [2.75, 3.05) is 66.8 Å². The molecule has 2 aliphatic carbocycles. The number of ether oxygens (including phenoxy) is 6. The number of carbonyl (C=O) groups excluding carboxylic acids is 6. The lowest BCUT2D eigenvalue weighted by Gasteiger charge is -2.30. The van der Waals surface area contributed by atoms with Gasteiger partial charge in [-0.15, -0.1) is 0 Å². The molecule has 5 rings (SSSR count). The number of primary amides is 2. The summed E-state index contributed by atoms with van der Waals surface area (Å²) in [5.41, 5.74) is 33.6. The molecule has 0 aromatic heterocycles. The fourth-order valence-electron chi connectivity index (χ4n) is 10.6. The number of hydrogen-bond acceptors (Lipinski definition) is 16. The van der Waals surface area contributed by atoms with Crippen molar-refractivity contribution in [2.24, 2.45) is 34.4 Å². The highest BCUT2D eigenvalue weighted by Crippen LogP contribution is 2.34. The van der Waals surface area contributed by atoms with Gasteiger partial charge in [0.25, 0.3) is 35.4 Å². The second-order valence-corrected chi connectivity index (χ2v) is 22.7. The van der Waals surface area contributed by atoms with Gasteiger partial charge in [0.15, 0.2) is 23.8 Å². The van der Waals surface area contributed by atoms with Gasteiger partial charge < -0.3 is 105 Å². The molecule has 2 saturated carbocycles. The van der Waals surface area contributed by atoms with E-state index in [-0.39, 0.29) is 142 Å². The molecular weight excluding hydrogens is 1190 g/mol. The summed E-state index contributed by atoms with van der Waals surface area (Å²) >= 11 is 0. The number of unbranched alkanes of at least 4 members (excludes halogenated alkanes) is 8. The van der Waals surface area contributed by atoms with E-state index in [1.807, 2.05) is 0 Å². The first-order valence-corrected chi connectivity index (χ1v) is 31.5. The third kappa shape index (κ3) is 25.0. The Morgan fingerprint density at radius 2 is 0.554 bits per heavy atom. The highest BCUT2D eigenvalue weighted by molar-refractivity contribution is 6.05. The fourth-order valence-corrected chi connectivity index (χ4v) is 10.6. The molecule has 506 valence electrons. The molecule has 6 amide bonds. The van der Waals surface area contributed by atoms with Gasteiger partial charge in [-0.3, -0.25) is 50.4 Å². The average molecular weight is 1290 g/mol. The van der Waals surface area contributed by atoms with E-state index in [1.165, 1.54) is 50.6 Å². The lowest BCUT2D eigenvalue weighted by molar-refractivity contribution is 0.0883. The lowest BCUT2D eigenvalue weighted by atomic mass is 9.90. The van der Waals surface area contributed by atoms with Crippen LogP contribution in [-0.2, 0) is 0 Å². The second kappa shape index (κ2) is 38.8. The number of benzene rings is 3. The number of nitrogens with two attached hydrogens (primary N) is 6. The number of guanidine groups is 4. The molecule has 3 aromatic rings. The Labute approximate surface area is 536 Å². The van der Waals surface area contributed by atoms with Crippen LogP contribution in [0.25, 0.3) is 0 Å². The molecule has 24 N–H and O–H groups in total. The highest BCUT2D eigenvalue weighted by atomic mass is 16.5. The molecule has 0 radical (unpaired) electrons. The van der Waals surface area contributed by atoms with Crippen LogP contribution in [0.15, 0.2) is 36.4 Å². The first-order valence-electron chi connectivity index (χ1n) is 31.5. The van der Waals surface area contributed by atoms with Crippen molar-refractivity contribution < 1.29 is 57.2 Å². The van der Waals surface area contributed by atoms with Crippen molar-refractivity contribution >= 4 is 59.3 Å². The summed E-state index contributed by atoms with van der Waals surface area (Å²) in [6, 6.07) is 7.53. The summed E-state index contributed by atoms with van der Waals surface area (Å²) < 4.78 is 35.6. The van der Waals surface area contributed by atoms with Crippen molar-refractivity contribution in [3.8, 4) is 34.5 Å². The maximum absolute atomic E-state index is 14.1. The predicted molar refractivity (Wildman–Crippen MR) is 348 cm³/mol. The van der Waals surface area contributed by atoms with Crippen LogP contribution >= 0.6 is 0 Å². The van der Waals surface area contributed by atoms with Gasteiger partial charge in [0.1, 0.15) is 34.5 Å². The fraction of sp³-hybridized carbons (Fsp3) is 0.548. The van der Waals surface area contributed by atoms with Crippen LogP contribution < -0.4 is 105 Å². The molecule has 0 saturated heterocycles. The van der Waals surface area contributed by atoms with E-state index in [0.29, 0.717) is 103 Å². The van der Waals surface area contributed by atoms with Crippen molar-refractivity contribution in [3.05, 3.63) is 69.8 Å². The third-order valence-corrected chi connectivity index (χ3v) is 15.6. The van der Waals surface area contributed by atoms with E-state index in [9.17, 15) is 28.8 Å². The molecule has 0 bridgehead atoms. The summed E-state index contributed by atoms with van der Waals surface area (Å²) in [7, 11) is 2.82. The first kappa shape index (κ1) is 73.1. The number of amides is 6. The van der Waals surface area contributed by atoms with Crippen LogP contribution in [0.2, 0.25) is 0 Å². The second-order valence-electron chi connectivity index (χ2n) is 22.7. The number of methoxy groups -OCH3 is 2. The van der Waals surface area contributed by atoms with Gasteiger partial charge in [0.05, 0.1) is 74.0 Å². The molecule has 0 heterocycles. The van der Waals surface area contributed by atoms with Crippen LogP contribution in [0.5, 0.6) is 34.5 Å². The van der Waals surface area contributed by atoms with E-state index >= 15 is 0 Å². The smallest absolute Gasteiger partial charge is 0.255 e. The van der Waals surface area contributed by atoms with Gasteiger partial charge in [-0.25, -0.2) is 0 Å². The molecule has 0 unspecified atom stereocenters. The van der Waals surface area contributed by atoms with Crippen molar-refractivity contribution in [1.82, 2.24) is 42.5 Å². The summed E-state index contributed by atoms with van der Waals surface area (Å²) in [6.45, 7) is 3.11. The number of carbonyl (C=O) groups is 6. The Balaban J connectivity index is 1.18. The minimum absolute atomic E-state index is 0.0138. The van der Waals surface area contributed by atoms with E-state index in [1.54, 1.807) is 0 Å². The summed E-state index contributed by atoms with van der Waals surface area (Å²) in [6.07, 6.45) is 12.4. The van der Waals surface area contributed by atoms with Crippen molar-refractivity contribution in [1.29, 1.82) is 21.6 Å². The predicted octanol–water partition coefficient (Wildman–Crippen LogP) is 2.97. The molecule has 0 aliphatic heterocycles. The van der Waals surface area contributed by atoms with Crippen molar-refractivity contribution in [3.63, 3.8) is 0 Å². The Kier molecular flexibility index (Phi) is 30.8. The average Bonchev–Trinajstić information content (AvgIpc) is 0.843. The van der Waals surface area contributed by atoms with Crippen LogP contribution in [0, 0.1) is 21.6 Å². The quantitative estimate of drug-likeness (QED) is 0.0221. The number of nitrogens with one attached hydrogen (secondary N) is 12. The van der Waals surface area contributed by atoms with Crippen molar-refractivity contribution in [2.45, 2.75) is 153 Å². The van der Waals surface area contributed by atoms with Crippen LogP contribution in [0.1, 0.15) is 191 Å². The molecule has 0 spiro atoms. The van der Waals surface area contributed by atoms with E-state index in [2.05, 4.69) is 42.5 Å². The zero-order valence-corrected chi connectivity index (χ0v) is 52.9. The van der Waals surface area contributed by atoms with Gasteiger partial charge in [-0.1, -0.05) is 0 Å². The van der Waals surface area contributed by atoms with Gasteiger partial charge in [-0.05, 0) is 147 Å². The third-order valence-electron chi connectivity index (χ3n) is 15.6. The van der Waals surface area contributed by atoms with Gasteiger partial charge in [0.2, 0.25) is 0 Å². The molecule has 92 heavy (non-hydrogen) atoms. The largest absolute Gasteiger partial charge is 0.496 e. The molecular formula is C62H96N18O12. The molecule has 30 heteroatoms. The highest BCUT2D eigenvalue weighted by Gasteiger charge is 2.31.